The Morgan fingerprint density at radius 3 is 2.89 bits per heavy atom. The number of carbonyl (C=O) groups excluding carboxylic acids is 2. The average Bonchev–Trinajstić information content (AvgIpc) is 2.97. The maximum atomic E-state index is 12.3. The van der Waals surface area contributed by atoms with Gasteiger partial charge in [-0.15, -0.1) is 0 Å². The standard InChI is InChI=1S/C14H20O5/c1-3-13(2,7-15)12(17)19-14-6-8-4-9(10(14)5-8)11(16)18-14/h8-10,15H,3-7H2,1-2H3. The number of aliphatic hydroxyl groups is 1. The number of carbonyl (C=O) groups is 2. The van der Waals surface area contributed by atoms with Crippen molar-refractivity contribution in [3.8, 4) is 0 Å². The van der Waals surface area contributed by atoms with Crippen LogP contribution >= 0.6 is 0 Å². The smallest absolute Gasteiger partial charge is 0.317 e. The van der Waals surface area contributed by atoms with Crippen molar-refractivity contribution in [3.05, 3.63) is 0 Å². The maximum Gasteiger partial charge on any atom is 0.317 e. The van der Waals surface area contributed by atoms with Crippen LogP contribution in [0, 0.1) is 23.2 Å². The molecular weight excluding hydrogens is 248 g/mol. The number of esters is 2. The molecule has 5 nitrogen and oxygen atoms in total. The number of aliphatic hydroxyl groups excluding tert-OH is 1. The number of hydrogen-bond donors (Lipinski definition) is 1. The summed E-state index contributed by atoms with van der Waals surface area (Å²) in [4.78, 5) is 24.1. The fourth-order valence-electron chi connectivity index (χ4n) is 3.71. The van der Waals surface area contributed by atoms with Crippen molar-refractivity contribution in [2.24, 2.45) is 23.2 Å². The van der Waals surface area contributed by atoms with Crippen LogP contribution in [-0.2, 0) is 19.1 Å². The van der Waals surface area contributed by atoms with Gasteiger partial charge in [0.2, 0.25) is 0 Å². The van der Waals surface area contributed by atoms with Crippen LogP contribution < -0.4 is 0 Å². The molecule has 5 heteroatoms. The van der Waals surface area contributed by atoms with E-state index in [-0.39, 0.29) is 24.4 Å². The Morgan fingerprint density at radius 1 is 1.58 bits per heavy atom. The summed E-state index contributed by atoms with van der Waals surface area (Å²) < 4.78 is 11.0. The molecule has 0 spiro atoms. The lowest BCUT2D eigenvalue weighted by Gasteiger charge is -2.34. The van der Waals surface area contributed by atoms with Gasteiger partial charge in [0.05, 0.1) is 23.9 Å². The van der Waals surface area contributed by atoms with E-state index in [1.165, 1.54) is 0 Å². The first-order chi connectivity index (χ1) is 8.94. The summed E-state index contributed by atoms with van der Waals surface area (Å²) in [6, 6.07) is 0. The molecule has 2 saturated carbocycles. The van der Waals surface area contributed by atoms with Crippen LogP contribution in [0.15, 0.2) is 0 Å². The zero-order valence-corrected chi connectivity index (χ0v) is 11.3. The summed E-state index contributed by atoms with van der Waals surface area (Å²) in [5.41, 5.74) is -0.916. The lowest BCUT2D eigenvalue weighted by Crippen LogP contribution is -2.44. The monoisotopic (exact) mass is 268 g/mol. The van der Waals surface area contributed by atoms with Crippen molar-refractivity contribution < 1.29 is 24.2 Å². The third-order valence-corrected chi connectivity index (χ3v) is 5.26. The highest BCUT2D eigenvalue weighted by atomic mass is 16.7. The number of fused-ring (bicyclic) bond motifs is 1. The normalized spacial score (nSPS) is 42.1. The predicted octanol–water partition coefficient (Wildman–Crippen LogP) is 1.24. The Bertz CT molecular complexity index is 428. The third-order valence-electron chi connectivity index (χ3n) is 5.26. The first-order valence-corrected chi connectivity index (χ1v) is 7.01. The minimum atomic E-state index is -1.03. The molecule has 3 fully saturated rings. The van der Waals surface area contributed by atoms with Gasteiger partial charge in [-0.25, -0.2) is 0 Å². The summed E-state index contributed by atoms with van der Waals surface area (Å²) >= 11 is 0. The van der Waals surface area contributed by atoms with Crippen LogP contribution in [0.5, 0.6) is 0 Å². The van der Waals surface area contributed by atoms with Crippen LogP contribution in [0.25, 0.3) is 0 Å². The summed E-state index contributed by atoms with van der Waals surface area (Å²) in [6.07, 6.45) is 2.89. The fourth-order valence-corrected chi connectivity index (χ4v) is 3.71. The predicted molar refractivity (Wildman–Crippen MR) is 64.7 cm³/mol. The Balaban J connectivity index is 1.81. The first-order valence-electron chi connectivity index (χ1n) is 7.01. The number of hydrogen-bond acceptors (Lipinski definition) is 5. The Hall–Kier alpha value is -1.10. The molecule has 2 aliphatic carbocycles. The van der Waals surface area contributed by atoms with Crippen molar-refractivity contribution in [1.29, 1.82) is 0 Å². The van der Waals surface area contributed by atoms with Crippen molar-refractivity contribution >= 4 is 11.9 Å². The van der Waals surface area contributed by atoms with Crippen molar-refractivity contribution in [2.75, 3.05) is 6.61 Å². The van der Waals surface area contributed by atoms with E-state index in [2.05, 4.69) is 0 Å². The molecular formula is C14H20O5. The quantitative estimate of drug-likeness (QED) is 0.776. The van der Waals surface area contributed by atoms with Crippen molar-refractivity contribution in [2.45, 2.75) is 45.3 Å². The average molecular weight is 268 g/mol. The van der Waals surface area contributed by atoms with Gasteiger partial charge in [0.25, 0.3) is 5.79 Å². The van der Waals surface area contributed by atoms with Gasteiger partial charge in [0, 0.05) is 6.42 Å². The van der Waals surface area contributed by atoms with Crippen molar-refractivity contribution in [1.82, 2.24) is 0 Å². The summed E-state index contributed by atoms with van der Waals surface area (Å²) in [7, 11) is 0. The topological polar surface area (TPSA) is 72.8 Å². The van der Waals surface area contributed by atoms with Crippen LogP contribution in [0.4, 0.5) is 0 Å². The molecule has 2 bridgehead atoms. The molecule has 5 atom stereocenters. The van der Waals surface area contributed by atoms with Gasteiger partial charge in [0.15, 0.2) is 0 Å². The second-order valence-electron chi connectivity index (χ2n) is 6.45. The molecule has 19 heavy (non-hydrogen) atoms. The molecule has 0 aromatic heterocycles. The highest BCUT2D eigenvalue weighted by molar-refractivity contribution is 5.80. The van der Waals surface area contributed by atoms with Crippen LogP contribution in [-0.4, -0.2) is 29.4 Å². The summed E-state index contributed by atoms with van der Waals surface area (Å²) in [5, 5.41) is 9.37. The molecule has 0 aromatic rings. The molecule has 5 unspecified atom stereocenters. The number of ether oxygens (including phenoxy) is 2. The minimum Gasteiger partial charge on any atom is -0.422 e. The molecule has 0 radical (unpaired) electrons. The molecule has 106 valence electrons. The van der Waals surface area contributed by atoms with Gasteiger partial charge >= 0.3 is 11.9 Å². The van der Waals surface area contributed by atoms with E-state index in [1.54, 1.807) is 6.92 Å². The van der Waals surface area contributed by atoms with E-state index in [1.807, 2.05) is 6.92 Å². The highest BCUT2D eigenvalue weighted by Crippen LogP contribution is 2.61. The van der Waals surface area contributed by atoms with Gasteiger partial charge in [-0.05, 0) is 32.1 Å². The largest absolute Gasteiger partial charge is 0.422 e. The second kappa shape index (κ2) is 3.95. The first kappa shape index (κ1) is 12.9. The van der Waals surface area contributed by atoms with E-state index in [4.69, 9.17) is 9.47 Å². The van der Waals surface area contributed by atoms with Crippen LogP contribution in [0.3, 0.4) is 0 Å². The Morgan fingerprint density at radius 2 is 2.32 bits per heavy atom. The zero-order valence-electron chi connectivity index (χ0n) is 11.3. The molecule has 1 saturated heterocycles. The van der Waals surface area contributed by atoms with E-state index >= 15 is 0 Å². The van der Waals surface area contributed by atoms with E-state index in [0.29, 0.717) is 18.8 Å². The van der Waals surface area contributed by atoms with E-state index in [9.17, 15) is 14.7 Å². The Kier molecular flexibility index (Phi) is 2.68. The van der Waals surface area contributed by atoms with Gasteiger partial charge in [-0.2, -0.15) is 0 Å². The zero-order chi connectivity index (χ0) is 13.8. The Labute approximate surface area is 112 Å². The molecule has 3 rings (SSSR count). The van der Waals surface area contributed by atoms with Crippen molar-refractivity contribution in [3.63, 3.8) is 0 Å². The SMILES string of the molecule is CCC(C)(CO)C(=O)OC12CC3CC(C(=O)O1)C2C3. The molecule has 3 aliphatic rings. The van der Waals surface area contributed by atoms with Gasteiger partial charge < -0.3 is 14.6 Å². The maximum absolute atomic E-state index is 12.3. The van der Waals surface area contributed by atoms with Gasteiger partial charge in [-0.3, -0.25) is 9.59 Å². The van der Waals surface area contributed by atoms with E-state index in [0.717, 1.165) is 12.8 Å². The third kappa shape index (κ3) is 1.64. The lowest BCUT2D eigenvalue weighted by atomic mass is 9.86. The highest BCUT2D eigenvalue weighted by Gasteiger charge is 2.68. The molecule has 1 heterocycles. The molecule has 1 N–H and O–H groups in total. The minimum absolute atomic E-state index is 0.0220. The molecule has 0 amide bonds. The van der Waals surface area contributed by atoms with E-state index < -0.39 is 17.2 Å². The summed E-state index contributed by atoms with van der Waals surface area (Å²) in [6.45, 7) is 3.25. The fraction of sp³-hybridized carbons (Fsp3) is 0.857. The summed E-state index contributed by atoms with van der Waals surface area (Å²) in [5.74, 6) is -1.36. The molecule has 0 aromatic carbocycles. The molecule has 1 aliphatic heterocycles. The number of rotatable bonds is 4. The van der Waals surface area contributed by atoms with Gasteiger partial charge in [0.1, 0.15) is 0 Å². The second-order valence-corrected chi connectivity index (χ2v) is 6.45. The van der Waals surface area contributed by atoms with Gasteiger partial charge in [-0.1, -0.05) is 6.92 Å². The van der Waals surface area contributed by atoms with Crippen LogP contribution in [0.2, 0.25) is 0 Å². The van der Waals surface area contributed by atoms with Crippen LogP contribution in [0.1, 0.15) is 39.5 Å². The lowest BCUT2D eigenvalue weighted by molar-refractivity contribution is -0.231.